The average Bonchev–Trinajstić information content (AvgIpc) is 2.89. The van der Waals surface area contributed by atoms with Gasteiger partial charge < -0.3 is 21.3 Å². The standard InChI is InChI=1S/C33H40N2O4S/c1-21-17-29(27(32(2,3)4)18-24(21)20-36)40-30-28(37)19-33(39-31(30)38,15-13-22-5-9-25(34)10-6-22)16-14-23-7-11-26(35)12-8-23/h5-12,17-18,30,36H,13-16,19-20,34-35H2,1-4H3. The van der Waals surface area contributed by atoms with Gasteiger partial charge in [-0.3, -0.25) is 9.59 Å². The van der Waals surface area contributed by atoms with E-state index in [4.69, 9.17) is 16.2 Å². The smallest absolute Gasteiger partial charge is 0.327 e. The molecule has 0 spiro atoms. The van der Waals surface area contributed by atoms with Crippen molar-refractivity contribution in [3.63, 3.8) is 0 Å². The van der Waals surface area contributed by atoms with E-state index in [9.17, 15) is 14.7 Å². The quantitative estimate of drug-likeness (QED) is 0.169. The molecule has 0 amide bonds. The largest absolute Gasteiger partial charge is 0.457 e. The lowest BCUT2D eigenvalue weighted by atomic mass is 9.82. The van der Waals surface area contributed by atoms with Gasteiger partial charge in [0.1, 0.15) is 5.60 Å². The van der Waals surface area contributed by atoms with Crippen LogP contribution in [0.3, 0.4) is 0 Å². The van der Waals surface area contributed by atoms with Crippen LogP contribution in [-0.4, -0.2) is 27.7 Å². The summed E-state index contributed by atoms with van der Waals surface area (Å²) in [6.45, 7) is 8.13. The van der Waals surface area contributed by atoms with E-state index < -0.39 is 16.8 Å². The van der Waals surface area contributed by atoms with E-state index >= 15 is 0 Å². The molecule has 3 aromatic carbocycles. The molecule has 0 aromatic heterocycles. The number of nitrogen functional groups attached to an aromatic ring is 2. The number of rotatable bonds is 9. The molecule has 212 valence electrons. The Kier molecular flexibility index (Phi) is 8.96. The fourth-order valence-corrected chi connectivity index (χ4v) is 6.53. The SMILES string of the molecule is Cc1cc(SC2C(=O)CC(CCc3ccc(N)cc3)(CCc3ccc(N)cc3)OC2=O)c(C(C)(C)C)cc1CO. The predicted molar refractivity (Wildman–Crippen MR) is 162 cm³/mol. The number of aliphatic hydroxyl groups is 1. The lowest BCUT2D eigenvalue weighted by Gasteiger charge is -2.39. The summed E-state index contributed by atoms with van der Waals surface area (Å²) in [6.07, 6.45) is 2.57. The summed E-state index contributed by atoms with van der Waals surface area (Å²) in [5.74, 6) is -0.598. The van der Waals surface area contributed by atoms with E-state index in [-0.39, 0.29) is 24.2 Å². The highest BCUT2D eigenvalue weighted by Crippen LogP contribution is 2.42. The molecule has 1 atom stereocenters. The van der Waals surface area contributed by atoms with Crippen LogP contribution in [0.4, 0.5) is 11.4 Å². The minimum atomic E-state index is -0.929. The Bertz CT molecular complexity index is 1290. The molecular formula is C33H40N2O4S. The third kappa shape index (κ3) is 7.07. The van der Waals surface area contributed by atoms with Crippen LogP contribution >= 0.6 is 11.8 Å². The molecule has 1 aliphatic rings. The molecule has 40 heavy (non-hydrogen) atoms. The molecule has 4 rings (SSSR count). The Morgan fingerprint density at radius 1 is 0.925 bits per heavy atom. The van der Waals surface area contributed by atoms with Crippen molar-refractivity contribution < 1.29 is 19.4 Å². The summed E-state index contributed by atoms with van der Waals surface area (Å²) < 4.78 is 6.25. The van der Waals surface area contributed by atoms with Crippen LogP contribution in [0.2, 0.25) is 0 Å². The van der Waals surface area contributed by atoms with Crippen molar-refractivity contribution in [3.05, 3.63) is 88.5 Å². The lowest BCUT2D eigenvalue weighted by Crippen LogP contribution is -2.49. The summed E-state index contributed by atoms with van der Waals surface area (Å²) in [7, 11) is 0. The summed E-state index contributed by atoms with van der Waals surface area (Å²) in [6, 6.07) is 19.3. The molecule has 1 aliphatic heterocycles. The van der Waals surface area contributed by atoms with Gasteiger partial charge in [-0.05, 0) is 96.2 Å². The Hall–Kier alpha value is -3.29. The maximum absolute atomic E-state index is 13.7. The van der Waals surface area contributed by atoms with Crippen molar-refractivity contribution >= 4 is 34.9 Å². The maximum atomic E-state index is 13.7. The summed E-state index contributed by atoms with van der Waals surface area (Å²) in [5.41, 5.74) is 16.9. The van der Waals surface area contributed by atoms with E-state index in [2.05, 4.69) is 20.8 Å². The number of ether oxygens (including phenoxy) is 1. The number of benzene rings is 3. The number of aryl methyl sites for hydroxylation is 3. The van der Waals surface area contributed by atoms with Crippen molar-refractivity contribution in [1.29, 1.82) is 0 Å². The zero-order valence-electron chi connectivity index (χ0n) is 23.8. The molecule has 3 aromatic rings. The van der Waals surface area contributed by atoms with Gasteiger partial charge in [0.25, 0.3) is 0 Å². The molecule has 1 unspecified atom stereocenters. The normalized spacial score (nSPS) is 17.1. The zero-order chi connectivity index (χ0) is 29.1. The van der Waals surface area contributed by atoms with Gasteiger partial charge in [-0.2, -0.15) is 0 Å². The second kappa shape index (κ2) is 12.1. The molecule has 6 nitrogen and oxygen atoms in total. The number of nitrogens with two attached hydrogens (primary N) is 2. The molecular weight excluding hydrogens is 520 g/mol. The number of cyclic esters (lactones) is 1. The van der Waals surface area contributed by atoms with Gasteiger partial charge >= 0.3 is 5.97 Å². The number of esters is 1. The number of ketones is 1. The van der Waals surface area contributed by atoms with E-state index in [0.29, 0.717) is 37.1 Å². The van der Waals surface area contributed by atoms with Crippen LogP contribution in [0, 0.1) is 6.92 Å². The fourth-order valence-electron chi connectivity index (χ4n) is 5.18. The van der Waals surface area contributed by atoms with Crippen molar-refractivity contribution in [1.82, 2.24) is 0 Å². The molecule has 0 bridgehead atoms. The van der Waals surface area contributed by atoms with E-state index in [1.165, 1.54) is 11.8 Å². The summed E-state index contributed by atoms with van der Waals surface area (Å²) in [4.78, 5) is 28.1. The van der Waals surface area contributed by atoms with Gasteiger partial charge in [-0.25, -0.2) is 0 Å². The highest BCUT2D eigenvalue weighted by Gasteiger charge is 2.47. The van der Waals surface area contributed by atoms with Crippen LogP contribution in [0.5, 0.6) is 0 Å². The minimum absolute atomic E-state index is 0.0607. The lowest BCUT2D eigenvalue weighted by molar-refractivity contribution is -0.171. The number of carbonyl (C=O) groups excluding carboxylic acids is 2. The first-order valence-electron chi connectivity index (χ1n) is 13.7. The predicted octanol–water partition coefficient (Wildman–Crippen LogP) is 5.93. The molecule has 1 saturated heterocycles. The van der Waals surface area contributed by atoms with Gasteiger partial charge in [0.05, 0.1) is 6.61 Å². The highest BCUT2D eigenvalue weighted by atomic mass is 32.2. The Morgan fingerprint density at radius 3 is 1.90 bits per heavy atom. The average molecular weight is 561 g/mol. The Balaban J connectivity index is 1.58. The summed E-state index contributed by atoms with van der Waals surface area (Å²) >= 11 is 1.27. The van der Waals surface area contributed by atoms with E-state index in [1.54, 1.807) is 0 Å². The Labute approximate surface area is 241 Å². The number of Topliss-reactive ketones (excluding diaryl/α,β-unsaturated/α-hetero) is 1. The van der Waals surface area contributed by atoms with Crippen molar-refractivity contribution in [2.45, 2.75) is 87.6 Å². The molecule has 0 aliphatic carbocycles. The number of hydrogen-bond acceptors (Lipinski definition) is 7. The van der Waals surface area contributed by atoms with Gasteiger partial charge in [-0.1, -0.05) is 51.1 Å². The first kappa shape index (κ1) is 29.7. The molecule has 5 N–H and O–H groups in total. The monoisotopic (exact) mass is 560 g/mol. The highest BCUT2D eigenvalue weighted by molar-refractivity contribution is 8.01. The first-order valence-corrected chi connectivity index (χ1v) is 14.6. The summed E-state index contributed by atoms with van der Waals surface area (Å²) in [5, 5.41) is 8.88. The molecule has 7 heteroatoms. The van der Waals surface area contributed by atoms with Crippen LogP contribution in [0.15, 0.2) is 65.6 Å². The van der Waals surface area contributed by atoms with E-state index in [0.717, 1.165) is 32.7 Å². The van der Waals surface area contributed by atoms with Gasteiger partial charge in [-0.15, -0.1) is 11.8 Å². The first-order chi connectivity index (χ1) is 18.9. The van der Waals surface area contributed by atoms with Gasteiger partial charge in [0, 0.05) is 22.7 Å². The number of carbonyl (C=O) groups is 2. The Morgan fingerprint density at radius 2 is 1.45 bits per heavy atom. The zero-order valence-corrected chi connectivity index (χ0v) is 24.6. The topological polar surface area (TPSA) is 116 Å². The third-order valence-corrected chi connectivity index (χ3v) is 8.96. The number of thioether (sulfide) groups is 1. The van der Waals surface area contributed by atoms with Crippen LogP contribution in [0.25, 0.3) is 0 Å². The molecule has 1 fully saturated rings. The molecule has 0 radical (unpaired) electrons. The van der Waals surface area contributed by atoms with Crippen LogP contribution < -0.4 is 11.5 Å². The van der Waals surface area contributed by atoms with E-state index in [1.807, 2.05) is 67.6 Å². The number of aliphatic hydroxyl groups excluding tert-OH is 1. The maximum Gasteiger partial charge on any atom is 0.327 e. The van der Waals surface area contributed by atoms with Crippen LogP contribution in [-0.2, 0) is 39.2 Å². The van der Waals surface area contributed by atoms with Crippen molar-refractivity contribution in [3.8, 4) is 0 Å². The minimum Gasteiger partial charge on any atom is -0.457 e. The van der Waals surface area contributed by atoms with Crippen LogP contribution in [0.1, 0.15) is 67.9 Å². The van der Waals surface area contributed by atoms with Gasteiger partial charge in [0.15, 0.2) is 11.0 Å². The third-order valence-electron chi connectivity index (χ3n) is 7.68. The second-order valence-corrected chi connectivity index (χ2v) is 13.1. The van der Waals surface area contributed by atoms with Gasteiger partial charge in [0.2, 0.25) is 0 Å². The number of hydrogen-bond donors (Lipinski definition) is 3. The molecule has 0 saturated carbocycles. The van der Waals surface area contributed by atoms with Crippen molar-refractivity contribution in [2.24, 2.45) is 0 Å². The fraction of sp³-hybridized carbons (Fsp3) is 0.394. The molecule has 1 heterocycles. The van der Waals surface area contributed by atoms with Crippen molar-refractivity contribution in [2.75, 3.05) is 11.5 Å². The number of anilines is 2. The second-order valence-electron chi connectivity index (χ2n) is 11.9.